The van der Waals surface area contributed by atoms with Crippen molar-refractivity contribution >= 4 is 21.6 Å². The molecule has 0 atom stereocenters. The van der Waals surface area contributed by atoms with Gasteiger partial charge in [0.2, 0.25) is 0 Å². The van der Waals surface area contributed by atoms with Crippen molar-refractivity contribution in [3.63, 3.8) is 0 Å². The molecule has 0 bridgehead atoms. The van der Waals surface area contributed by atoms with Crippen molar-refractivity contribution in [1.29, 1.82) is 0 Å². The van der Waals surface area contributed by atoms with Crippen LogP contribution in [0.2, 0.25) is 0 Å². The summed E-state index contributed by atoms with van der Waals surface area (Å²) in [5, 5.41) is 9.31. The van der Waals surface area contributed by atoms with Crippen LogP contribution >= 0.6 is 0 Å². The molecule has 0 saturated heterocycles. The number of ether oxygens (including phenoxy) is 1. The Morgan fingerprint density at radius 2 is 2.00 bits per heavy atom. The van der Waals surface area contributed by atoms with E-state index in [0.717, 1.165) is 12.0 Å². The average Bonchev–Trinajstić information content (AvgIpc) is 3.18. The fourth-order valence-electron chi connectivity index (χ4n) is 3.28. The smallest absolute Gasteiger partial charge is 0.265 e. The van der Waals surface area contributed by atoms with Crippen LogP contribution in [0.4, 0.5) is 5.69 Å². The van der Waals surface area contributed by atoms with E-state index >= 15 is 0 Å². The molecule has 3 N–H and O–H groups in total. The van der Waals surface area contributed by atoms with Crippen LogP contribution in [0.15, 0.2) is 47.6 Å². The molecule has 1 aliphatic heterocycles. The minimum Gasteiger partial charge on any atom is -0.495 e. The first-order valence-electron chi connectivity index (χ1n) is 8.96. The molecule has 2 heterocycles. The molecule has 1 aliphatic rings. The number of H-pyrrole nitrogens is 1. The molecule has 29 heavy (non-hydrogen) atoms. The highest BCUT2D eigenvalue weighted by molar-refractivity contribution is 7.92. The van der Waals surface area contributed by atoms with Gasteiger partial charge in [-0.15, -0.1) is 0 Å². The Hall–Kier alpha value is -3.40. The third kappa shape index (κ3) is 3.66. The second-order valence-electron chi connectivity index (χ2n) is 6.50. The number of benzene rings is 2. The molecule has 10 heteroatoms. The van der Waals surface area contributed by atoms with Gasteiger partial charge in [0.05, 0.1) is 12.8 Å². The topological polar surface area (TPSA) is 126 Å². The van der Waals surface area contributed by atoms with Crippen molar-refractivity contribution in [3.8, 4) is 17.1 Å². The van der Waals surface area contributed by atoms with Gasteiger partial charge in [0.25, 0.3) is 15.9 Å². The van der Waals surface area contributed by atoms with Crippen LogP contribution in [-0.2, 0) is 16.4 Å². The number of nitrogens with zero attached hydrogens (tertiary/aromatic N) is 2. The van der Waals surface area contributed by atoms with Gasteiger partial charge < -0.3 is 10.1 Å². The van der Waals surface area contributed by atoms with E-state index in [1.54, 1.807) is 30.3 Å². The van der Waals surface area contributed by atoms with Crippen LogP contribution < -0.4 is 14.8 Å². The summed E-state index contributed by atoms with van der Waals surface area (Å²) in [6.45, 7) is 0.542. The fourth-order valence-corrected chi connectivity index (χ4v) is 4.54. The summed E-state index contributed by atoms with van der Waals surface area (Å²) in [5.41, 5.74) is 1.97. The molecule has 9 nitrogen and oxygen atoms in total. The average molecular weight is 413 g/mol. The van der Waals surface area contributed by atoms with Crippen LogP contribution in [0, 0.1) is 0 Å². The lowest BCUT2D eigenvalue weighted by Gasteiger charge is -2.16. The van der Waals surface area contributed by atoms with Crippen LogP contribution in [0.3, 0.4) is 0 Å². The summed E-state index contributed by atoms with van der Waals surface area (Å²) < 4.78 is 34.3. The Morgan fingerprint density at radius 3 is 2.76 bits per heavy atom. The maximum Gasteiger partial charge on any atom is 0.265 e. The highest BCUT2D eigenvalue weighted by atomic mass is 32.2. The van der Waals surface area contributed by atoms with Crippen molar-refractivity contribution in [2.75, 3.05) is 18.4 Å². The Labute approximate surface area is 167 Å². The molecule has 0 unspecified atom stereocenters. The molecule has 1 amide bonds. The highest BCUT2D eigenvalue weighted by Crippen LogP contribution is 2.33. The summed E-state index contributed by atoms with van der Waals surface area (Å²) in [4.78, 5) is 16.3. The van der Waals surface area contributed by atoms with E-state index in [1.165, 1.54) is 19.5 Å². The number of carbonyl (C=O) groups is 1. The minimum absolute atomic E-state index is 0.108. The van der Waals surface area contributed by atoms with Gasteiger partial charge in [0, 0.05) is 17.7 Å². The van der Waals surface area contributed by atoms with E-state index in [9.17, 15) is 13.2 Å². The van der Waals surface area contributed by atoms with Crippen LogP contribution in [0.25, 0.3) is 11.4 Å². The third-order valence-corrected chi connectivity index (χ3v) is 6.06. The number of rotatable bonds is 5. The van der Waals surface area contributed by atoms with Gasteiger partial charge in [-0.2, -0.15) is 5.10 Å². The number of fused-ring (bicyclic) bond motifs is 1. The zero-order valence-electron chi connectivity index (χ0n) is 15.6. The number of aromatic amines is 1. The number of aryl methyl sites for hydroxylation is 1. The monoisotopic (exact) mass is 413 g/mol. The minimum atomic E-state index is -4.06. The Kier molecular flexibility index (Phi) is 4.93. The lowest BCUT2D eigenvalue weighted by Crippen LogP contribution is -2.23. The zero-order chi connectivity index (χ0) is 20.4. The number of hydrogen-bond donors (Lipinski definition) is 3. The molecule has 2 aromatic carbocycles. The Morgan fingerprint density at radius 1 is 1.17 bits per heavy atom. The number of nitrogens with one attached hydrogen (secondary N) is 3. The summed E-state index contributed by atoms with van der Waals surface area (Å²) in [7, 11) is -2.65. The number of methoxy groups -OCH3 is 1. The molecule has 0 spiro atoms. The first kappa shape index (κ1) is 18.9. The van der Waals surface area contributed by atoms with E-state index in [2.05, 4.69) is 25.2 Å². The largest absolute Gasteiger partial charge is 0.495 e. The van der Waals surface area contributed by atoms with Crippen molar-refractivity contribution in [2.45, 2.75) is 17.7 Å². The van der Waals surface area contributed by atoms with E-state index in [4.69, 9.17) is 4.74 Å². The maximum absolute atomic E-state index is 13.2. The van der Waals surface area contributed by atoms with Crippen LogP contribution in [0.1, 0.15) is 22.3 Å². The van der Waals surface area contributed by atoms with Crippen LogP contribution in [0.5, 0.6) is 5.75 Å². The molecule has 1 aromatic heterocycles. The number of amides is 1. The Bertz CT molecular complexity index is 1160. The van der Waals surface area contributed by atoms with Crippen molar-refractivity contribution in [3.05, 3.63) is 53.9 Å². The number of carbonyl (C=O) groups excluding carboxylic acids is 1. The number of aromatic nitrogens is 3. The number of anilines is 1. The van der Waals surface area contributed by atoms with Gasteiger partial charge in [-0.1, -0.05) is 12.1 Å². The predicted octanol–water partition coefficient (Wildman–Crippen LogP) is 1.96. The van der Waals surface area contributed by atoms with Gasteiger partial charge >= 0.3 is 0 Å². The van der Waals surface area contributed by atoms with Crippen molar-refractivity contribution in [2.24, 2.45) is 0 Å². The second-order valence-corrected chi connectivity index (χ2v) is 8.16. The standard InChI is InChI=1S/C19H19N5O4S/c1-28-16-9-12-5-4-8-20-19(25)14(12)10-17(16)29(26,27)24-15-7-3-2-6-13(15)18-21-11-22-23-18/h2-3,6-7,9-11,24H,4-5,8H2,1H3,(H,20,25)(H,21,22,23). The summed E-state index contributed by atoms with van der Waals surface area (Å²) >= 11 is 0. The third-order valence-electron chi connectivity index (χ3n) is 4.67. The normalized spacial score (nSPS) is 13.9. The SMILES string of the molecule is COc1cc2c(cc1S(=O)(=O)Nc1ccccc1-c1ncn[nH]1)C(=O)NCCC2. The molecule has 4 rings (SSSR count). The second kappa shape index (κ2) is 7.55. The summed E-state index contributed by atoms with van der Waals surface area (Å²) in [5.74, 6) is 0.318. The van der Waals surface area contributed by atoms with E-state index in [-0.39, 0.29) is 16.6 Å². The molecule has 3 aromatic rings. The molecule has 0 radical (unpaired) electrons. The van der Waals surface area contributed by atoms with Gasteiger partial charge in [0.15, 0.2) is 5.82 Å². The first-order valence-corrected chi connectivity index (χ1v) is 10.4. The van der Waals surface area contributed by atoms with Crippen molar-refractivity contribution < 1.29 is 17.9 Å². The van der Waals surface area contributed by atoms with Crippen molar-refractivity contribution in [1.82, 2.24) is 20.5 Å². The van der Waals surface area contributed by atoms with Gasteiger partial charge in [-0.3, -0.25) is 14.6 Å². The lowest BCUT2D eigenvalue weighted by molar-refractivity contribution is 0.0956. The maximum atomic E-state index is 13.2. The number of hydrogen-bond acceptors (Lipinski definition) is 6. The van der Waals surface area contributed by atoms with Gasteiger partial charge in [0.1, 0.15) is 17.0 Å². The predicted molar refractivity (Wildman–Crippen MR) is 106 cm³/mol. The van der Waals surface area contributed by atoms with Crippen LogP contribution in [-0.4, -0.2) is 43.2 Å². The van der Waals surface area contributed by atoms with E-state index < -0.39 is 10.0 Å². The molecule has 150 valence electrons. The molecule has 0 saturated carbocycles. The lowest BCUT2D eigenvalue weighted by atomic mass is 10.0. The number of sulfonamides is 1. The van der Waals surface area contributed by atoms with E-state index in [0.29, 0.717) is 35.6 Å². The van der Waals surface area contributed by atoms with E-state index in [1.807, 2.05) is 0 Å². The molecular weight excluding hydrogens is 394 g/mol. The van der Waals surface area contributed by atoms with Gasteiger partial charge in [-0.25, -0.2) is 13.4 Å². The van der Waals surface area contributed by atoms with Gasteiger partial charge in [-0.05, 0) is 42.7 Å². The first-order chi connectivity index (χ1) is 14.0. The zero-order valence-corrected chi connectivity index (χ0v) is 16.4. The molecule has 0 aliphatic carbocycles. The quantitative estimate of drug-likeness (QED) is 0.587. The molecular formula is C19H19N5O4S. The number of para-hydroxylation sites is 1. The summed E-state index contributed by atoms with van der Waals surface area (Å²) in [6, 6.07) is 9.81. The fraction of sp³-hybridized carbons (Fsp3) is 0.211. The molecule has 0 fully saturated rings. The highest BCUT2D eigenvalue weighted by Gasteiger charge is 2.26. The summed E-state index contributed by atoms with van der Waals surface area (Å²) in [6.07, 6.45) is 2.78. The Balaban J connectivity index is 1.78.